The van der Waals surface area contributed by atoms with Gasteiger partial charge in [-0.15, -0.1) is 5.10 Å². The van der Waals surface area contributed by atoms with Crippen LogP contribution in [0.15, 0.2) is 24.5 Å². The number of hydrogen-bond donors (Lipinski definition) is 0. The van der Waals surface area contributed by atoms with Crippen LogP contribution in [0.5, 0.6) is 0 Å². The fourth-order valence-electron chi connectivity index (χ4n) is 2.56. The Morgan fingerprint density at radius 1 is 1.23 bits per heavy atom. The number of benzene rings is 1. The van der Waals surface area contributed by atoms with Crippen LogP contribution in [0.2, 0.25) is 10.0 Å². The number of aryl methyl sites for hydroxylation is 1. The van der Waals surface area contributed by atoms with Crippen molar-refractivity contribution in [1.82, 2.24) is 25.1 Å². The monoisotopic (exact) mass is 341 g/mol. The summed E-state index contributed by atoms with van der Waals surface area (Å²) in [4.78, 5) is 2.39. The molecule has 1 saturated heterocycles. The first kappa shape index (κ1) is 15.7. The van der Waals surface area contributed by atoms with E-state index in [0.29, 0.717) is 10.0 Å². The van der Waals surface area contributed by atoms with Crippen molar-refractivity contribution >= 4 is 23.2 Å². The van der Waals surface area contributed by atoms with E-state index in [1.54, 1.807) is 11.0 Å². The highest BCUT2D eigenvalue weighted by atomic mass is 35.5. The molecule has 1 aromatic carbocycles. The van der Waals surface area contributed by atoms with Gasteiger partial charge in [0, 0.05) is 26.2 Å². The van der Waals surface area contributed by atoms with Crippen LogP contribution in [0.1, 0.15) is 18.1 Å². The summed E-state index contributed by atoms with van der Waals surface area (Å²) >= 11 is 12.1. The molecule has 0 N–H and O–H groups in total. The first-order valence-corrected chi connectivity index (χ1v) is 7.97. The molecule has 1 fully saturated rings. The molecule has 8 heteroatoms. The topological polar surface area (TPSA) is 56.1 Å². The molecule has 0 saturated carbocycles. The van der Waals surface area contributed by atoms with E-state index in [2.05, 4.69) is 20.4 Å². The van der Waals surface area contributed by atoms with Gasteiger partial charge in [0.2, 0.25) is 0 Å². The number of tetrazole rings is 1. The highest BCUT2D eigenvalue weighted by Crippen LogP contribution is 2.29. The minimum atomic E-state index is 0.0385. The average molecular weight is 342 g/mol. The van der Waals surface area contributed by atoms with Crippen LogP contribution in [0, 0.1) is 0 Å². The van der Waals surface area contributed by atoms with E-state index in [1.807, 2.05) is 18.2 Å². The normalized spacial score (nSPS) is 19.5. The van der Waals surface area contributed by atoms with Gasteiger partial charge in [0.15, 0.2) is 0 Å². The van der Waals surface area contributed by atoms with Gasteiger partial charge in [-0.2, -0.15) is 0 Å². The van der Waals surface area contributed by atoms with E-state index >= 15 is 0 Å². The Morgan fingerprint density at radius 2 is 2.14 bits per heavy atom. The maximum atomic E-state index is 6.09. The zero-order valence-electron chi connectivity index (χ0n) is 12.0. The van der Waals surface area contributed by atoms with Crippen LogP contribution < -0.4 is 0 Å². The first-order chi connectivity index (χ1) is 10.7. The Kier molecular flexibility index (Phi) is 5.25. The lowest BCUT2D eigenvalue weighted by Gasteiger charge is -2.33. The predicted octanol–water partition coefficient (Wildman–Crippen LogP) is 2.44. The second-order valence-corrected chi connectivity index (χ2v) is 6.07. The Hall–Kier alpha value is -1.21. The van der Waals surface area contributed by atoms with E-state index in [0.717, 1.165) is 44.8 Å². The lowest BCUT2D eigenvalue weighted by atomic mass is 10.1. The minimum Gasteiger partial charge on any atom is -0.371 e. The van der Waals surface area contributed by atoms with Gasteiger partial charge in [0.25, 0.3) is 0 Å². The highest BCUT2D eigenvalue weighted by Gasteiger charge is 2.22. The average Bonchev–Trinajstić information content (AvgIpc) is 3.04. The summed E-state index contributed by atoms with van der Waals surface area (Å²) in [6, 6.07) is 5.68. The molecule has 0 bridgehead atoms. The van der Waals surface area contributed by atoms with Crippen LogP contribution in [0.4, 0.5) is 0 Å². The molecular weight excluding hydrogens is 325 g/mol. The van der Waals surface area contributed by atoms with Crippen LogP contribution in [-0.4, -0.2) is 51.3 Å². The van der Waals surface area contributed by atoms with Crippen LogP contribution in [0.25, 0.3) is 0 Å². The largest absolute Gasteiger partial charge is 0.371 e. The van der Waals surface area contributed by atoms with Gasteiger partial charge in [-0.1, -0.05) is 29.3 Å². The SMILES string of the molecule is Clc1ccc(C2CN(CCCn3cnnn3)CCO2)cc1Cl. The molecule has 0 radical (unpaired) electrons. The number of aromatic nitrogens is 4. The van der Waals surface area contributed by atoms with E-state index in [1.165, 1.54) is 0 Å². The van der Waals surface area contributed by atoms with Crippen molar-refractivity contribution in [2.45, 2.75) is 19.1 Å². The molecular formula is C14H17Cl2N5O. The molecule has 0 aliphatic carbocycles. The molecule has 0 spiro atoms. The van der Waals surface area contributed by atoms with Gasteiger partial charge < -0.3 is 4.74 Å². The lowest BCUT2D eigenvalue weighted by Crippen LogP contribution is -2.39. The summed E-state index contributed by atoms with van der Waals surface area (Å²) in [7, 11) is 0. The van der Waals surface area contributed by atoms with Gasteiger partial charge in [0.1, 0.15) is 6.33 Å². The quantitative estimate of drug-likeness (QED) is 0.835. The van der Waals surface area contributed by atoms with Crippen molar-refractivity contribution in [3.8, 4) is 0 Å². The molecule has 22 heavy (non-hydrogen) atoms. The Balaban J connectivity index is 1.53. The van der Waals surface area contributed by atoms with Gasteiger partial charge in [0.05, 0.1) is 22.8 Å². The second kappa shape index (κ2) is 7.37. The molecule has 1 aromatic heterocycles. The van der Waals surface area contributed by atoms with Crippen LogP contribution in [0.3, 0.4) is 0 Å². The Morgan fingerprint density at radius 3 is 2.91 bits per heavy atom. The summed E-state index contributed by atoms with van der Waals surface area (Å²) in [5.41, 5.74) is 1.07. The van der Waals surface area contributed by atoms with E-state index in [-0.39, 0.29) is 6.10 Å². The van der Waals surface area contributed by atoms with Crippen molar-refractivity contribution < 1.29 is 4.74 Å². The summed E-state index contributed by atoms with van der Waals surface area (Å²) in [5, 5.41) is 12.3. The number of rotatable bonds is 5. The maximum absolute atomic E-state index is 6.09. The van der Waals surface area contributed by atoms with Crippen molar-refractivity contribution in [3.63, 3.8) is 0 Å². The third kappa shape index (κ3) is 3.95. The summed E-state index contributed by atoms with van der Waals surface area (Å²) < 4.78 is 7.61. The number of hydrogen-bond acceptors (Lipinski definition) is 5. The van der Waals surface area contributed by atoms with Crippen molar-refractivity contribution in [2.24, 2.45) is 0 Å². The maximum Gasteiger partial charge on any atom is 0.138 e. The molecule has 6 nitrogen and oxygen atoms in total. The number of morpholine rings is 1. The lowest BCUT2D eigenvalue weighted by molar-refractivity contribution is -0.0305. The third-order valence-corrected chi connectivity index (χ3v) is 4.46. The summed E-state index contributed by atoms with van der Waals surface area (Å²) in [5.74, 6) is 0. The standard InChI is InChI=1S/C14H17Cl2N5O/c15-12-3-2-11(8-13(12)16)14-9-20(6-7-22-14)4-1-5-21-10-17-18-19-21/h2-3,8,10,14H,1,4-7,9H2. The highest BCUT2D eigenvalue weighted by molar-refractivity contribution is 6.42. The zero-order valence-corrected chi connectivity index (χ0v) is 13.5. The molecule has 1 unspecified atom stereocenters. The number of halogens is 2. The van der Waals surface area contributed by atoms with E-state index in [9.17, 15) is 0 Å². The van der Waals surface area contributed by atoms with E-state index in [4.69, 9.17) is 27.9 Å². The molecule has 0 amide bonds. The molecule has 3 rings (SSSR count). The van der Waals surface area contributed by atoms with Gasteiger partial charge in [-0.3, -0.25) is 4.90 Å². The third-order valence-electron chi connectivity index (χ3n) is 3.72. The fraction of sp³-hybridized carbons (Fsp3) is 0.500. The van der Waals surface area contributed by atoms with Crippen molar-refractivity contribution in [2.75, 3.05) is 26.2 Å². The zero-order chi connectivity index (χ0) is 15.4. The fourth-order valence-corrected chi connectivity index (χ4v) is 2.87. The van der Waals surface area contributed by atoms with Crippen LogP contribution in [-0.2, 0) is 11.3 Å². The molecule has 1 aliphatic rings. The first-order valence-electron chi connectivity index (χ1n) is 7.22. The number of ether oxygens (including phenoxy) is 1. The minimum absolute atomic E-state index is 0.0385. The number of nitrogens with zero attached hydrogens (tertiary/aromatic N) is 5. The Labute approximate surface area is 139 Å². The Bertz CT molecular complexity index is 607. The second-order valence-electron chi connectivity index (χ2n) is 5.26. The van der Waals surface area contributed by atoms with Gasteiger partial charge in [-0.05, 0) is 34.5 Å². The molecule has 2 aromatic rings. The molecule has 118 valence electrons. The van der Waals surface area contributed by atoms with Crippen molar-refractivity contribution in [3.05, 3.63) is 40.1 Å². The van der Waals surface area contributed by atoms with Gasteiger partial charge >= 0.3 is 0 Å². The smallest absolute Gasteiger partial charge is 0.138 e. The predicted molar refractivity (Wildman–Crippen MR) is 84.0 cm³/mol. The summed E-state index contributed by atoms with van der Waals surface area (Å²) in [6.07, 6.45) is 2.67. The van der Waals surface area contributed by atoms with Gasteiger partial charge in [-0.25, -0.2) is 4.68 Å². The molecule has 2 heterocycles. The molecule has 1 atom stereocenters. The van der Waals surface area contributed by atoms with Crippen molar-refractivity contribution in [1.29, 1.82) is 0 Å². The summed E-state index contributed by atoms with van der Waals surface area (Å²) in [6.45, 7) is 4.32. The van der Waals surface area contributed by atoms with E-state index < -0.39 is 0 Å². The van der Waals surface area contributed by atoms with Crippen LogP contribution >= 0.6 is 23.2 Å². The molecule has 1 aliphatic heterocycles.